The predicted octanol–water partition coefficient (Wildman–Crippen LogP) is 3.85. The van der Waals surface area contributed by atoms with E-state index in [0.717, 1.165) is 5.56 Å². The molecule has 0 aliphatic rings. The fourth-order valence-corrected chi connectivity index (χ4v) is 2.09. The van der Waals surface area contributed by atoms with Crippen LogP contribution < -0.4 is 0 Å². The zero-order chi connectivity index (χ0) is 11.5. The van der Waals surface area contributed by atoms with E-state index in [2.05, 4.69) is 26.0 Å². The summed E-state index contributed by atoms with van der Waals surface area (Å²) in [6.45, 7) is 4.23. The minimum atomic E-state index is 0.224. The van der Waals surface area contributed by atoms with E-state index < -0.39 is 0 Å². The largest absolute Gasteiger partial charge is 0.508 e. The van der Waals surface area contributed by atoms with Crippen molar-refractivity contribution in [1.29, 1.82) is 0 Å². The molecule has 16 heavy (non-hydrogen) atoms. The normalized spacial score (nSPS) is 12.4. The van der Waals surface area contributed by atoms with Gasteiger partial charge in [-0.05, 0) is 24.1 Å². The lowest BCUT2D eigenvalue weighted by molar-refractivity contribution is 0.466. The highest BCUT2D eigenvalue weighted by atomic mass is 16.3. The van der Waals surface area contributed by atoms with Crippen molar-refractivity contribution < 1.29 is 5.11 Å². The van der Waals surface area contributed by atoms with Crippen molar-refractivity contribution in [1.82, 2.24) is 0 Å². The number of para-hydroxylation sites is 1. The molecular weight excluding hydrogens is 196 g/mol. The average Bonchev–Trinajstić information content (AvgIpc) is 2.29. The molecule has 0 heterocycles. The SMILES string of the molecule is Cc1ccccc1[C@H](C)c1ccccc1O. The molecule has 0 aliphatic carbocycles. The molecule has 1 N–H and O–H groups in total. The zero-order valence-corrected chi connectivity index (χ0v) is 9.64. The fraction of sp³-hybridized carbons (Fsp3) is 0.200. The van der Waals surface area contributed by atoms with E-state index in [4.69, 9.17) is 0 Å². The molecule has 0 saturated heterocycles. The molecule has 0 spiro atoms. The molecule has 2 aromatic carbocycles. The standard InChI is InChI=1S/C15H16O/c1-11-7-3-4-8-13(11)12(2)14-9-5-6-10-15(14)16/h3-10,12,16H,1-2H3/t12-/m0/s1. The third-order valence-electron chi connectivity index (χ3n) is 3.06. The summed E-state index contributed by atoms with van der Waals surface area (Å²) in [5, 5.41) is 9.83. The molecule has 1 heteroatoms. The number of phenolic OH excluding ortho intramolecular Hbond substituents is 1. The number of phenols is 1. The minimum absolute atomic E-state index is 0.224. The van der Waals surface area contributed by atoms with E-state index in [9.17, 15) is 5.11 Å². The van der Waals surface area contributed by atoms with E-state index in [1.165, 1.54) is 11.1 Å². The van der Waals surface area contributed by atoms with Crippen molar-refractivity contribution in [3.63, 3.8) is 0 Å². The Morgan fingerprint density at radius 1 is 0.875 bits per heavy atom. The van der Waals surface area contributed by atoms with E-state index >= 15 is 0 Å². The van der Waals surface area contributed by atoms with Gasteiger partial charge in [0.25, 0.3) is 0 Å². The van der Waals surface area contributed by atoms with Crippen LogP contribution in [0.2, 0.25) is 0 Å². The highest BCUT2D eigenvalue weighted by molar-refractivity contribution is 5.42. The van der Waals surface area contributed by atoms with Crippen molar-refractivity contribution in [2.45, 2.75) is 19.8 Å². The number of rotatable bonds is 2. The summed E-state index contributed by atoms with van der Waals surface area (Å²) in [6, 6.07) is 15.8. The van der Waals surface area contributed by atoms with Gasteiger partial charge in [-0.2, -0.15) is 0 Å². The Balaban J connectivity index is 2.44. The molecular formula is C15H16O. The summed E-state index contributed by atoms with van der Waals surface area (Å²) >= 11 is 0. The lowest BCUT2D eigenvalue weighted by Crippen LogP contribution is -1.98. The van der Waals surface area contributed by atoms with Gasteiger partial charge in [0.05, 0.1) is 0 Å². The molecule has 2 aromatic rings. The van der Waals surface area contributed by atoms with Crippen LogP contribution in [-0.4, -0.2) is 5.11 Å². The molecule has 0 bridgehead atoms. The lowest BCUT2D eigenvalue weighted by atomic mass is 9.90. The Morgan fingerprint density at radius 3 is 2.06 bits per heavy atom. The Labute approximate surface area is 96.4 Å². The van der Waals surface area contributed by atoms with Crippen LogP contribution in [0.4, 0.5) is 0 Å². The molecule has 0 unspecified atom stereocenters. The van der Waals surface area contributed by atoms with Crippen molar-refractivity contribution in [2.24, 2.45) is 0 Å². The van der Waals surface area contributed by atoms with Crippen molar-refractivity contribution in [3.8, 4) is 5.75 Å². The third kappa shape index (κ3) is 1.94. The minimum Gasteiger partial charge on any atom is -0.508 e. The second-order valence-electron chi connectivity index (χ2n) is 4.14. The number of aromatic hydroxyl groups is 1. The molecule has 0 saturated carbocycles. The van der Waals surface area contributed by atoms with Crippen LogP contribution in [0, 0.1) is 6.92 Å². The van der Waals surface area contributed by atoms with Gasteiger partial charge in [-0.1, -0.05) is 49.4 Å². The van der Waals surface area contributed by atoms with Crippen molar-refractivity contribution in [3.05, 3.63) is 65.2 Å². The van der Waals surface area contributed by atoms with Gasteiger partial charge in [0.15, 0.2) is 0 Å². The summed E-state index contributed by atoms with van der Waals surface area (Å²) in [5.74, 6) is 0.598. The molecule has 0 radical (unpaired) electrons. The molecule has 2 rings (SSSR count). The van der Waals surface area contributed by atoms with Gasteiger partial charge in [0.2, 0.25) is 0 Å². The highest BCUT2D eigenvalue weighted by Crippen LogP contribution is 2.31. The van der Waals surface area contributed by atoms with Crippen molar-refractivity contribution >= 4 is 0 Å². The lowest BCUT2D eigenvalue weighted by Gasteiger charge is -2.16. The van der Waals surface area contributed by atoms with E-state index in [-0.39, 0.29) is 5.92 Å². The van der Waals surface area contributed by atoms with Crippen LogP contribution >= 0.6 is 0 Å². The summed E-state index contributed by atoms with van der Waals surface area (Å²) in [4.78, 5) is 0. The number of hydrogen-bond acceptors (Lipinski definition) is 1. The molecule has 0 amide bonds. The maximum absolute atomic E-state index is 9.83. The topological polar surface area (TPSA) is 20.2 Å². The zero-order valence-electron chi connectivity index (χ0n) is 9.64. The van der Waals surface area contributed by atoms with Crippen LogP contribution in [0.1, 0.15) is 29.5 Å². The molecule has 82 valence electrons. The predicted molar refractivity (Wildman–Crippen MR) is 66.8 cm³/mol. The second kappa shape index (κ2) is 4.40. The van der Waals surface area contributed by atoms with E-state index in [0.29, 0.717) is 5.75 Å². The van der Waals surface area contributed by atoms with Gasteiger partial charge >= 0.3 is 0 Å². The molecule has 0 aromatic heterocycles. The van der Waals surface area contributed by atoms with E-state index in [1.807, 2.05) is 30.3 Å². The van der Waals surface area contributed by atoms with Gasteiger partial charge in [-0.15, -0.1) is 0 Å². The van der Waals surface area contributed by atoms with Crippen LogP contribution in [0.3, 0.4) is 0 Å². The quantitative estimate of drug-likeness (QED) is 0.801. The second-order valence-corrected chi connectivity index (χ2v) is 4.14. The maximum atomic E-state index is 9.83. The van der Waals surface area contributed by atoms with Crippen LogP contribution in [0.15, 0.2) is 48.5 Å². The molecule has 0 fully saturated rings. The molecule has 1 nitrogen and oxygen atoms in total. The molecule has 1 atom stereocenters. The third-order valence-corrected chi connectivity index (χ3v) is 3.06. The Bertz CT molecular complexity index is 443. The van der Waals surface area contributed by atoms with Crippen molar-refractivity contribution in [2.75, 3.05) is 0 Å². The monoisotopic (exact) mass is 212 g/mol. The van der Waals surface area contributed by atoms with Gasteiger partial charge < -0.3 is 5.11 Å². The first-order valence-corrected chi connectivity index (χ1v) is 5.53. The summed E-state index contributed by atoms with van der Waals surface area (Å²) in [7, 11) is 0. The first kappa shape index (κ1) is 10.7. The summed E-state index contributed by atoms with van der Waals surface area (Å²) < 4.78 is 0. The highest BCUT2D eigenvalue weighted by Gasteiger charge is 2.13. The smallest absolute Gasteiger partial charge is 0.119 e. The number of benzene rings is 2. The molecule has 0 aliphatic heterocycles. The van der Waals surface area contributed by atoms with E-state index in [1.54, 1.807) is 6.07 Å². The number of aryl methyl sites for hydroxylation is 1. The summed E-state index contributed by atoms with van der Waals surface area (Å²) in [5.41, 5.74) is 3.51. The van der Waals surface area contributed by atoms with Gasteiger partial charge in [0, 0.05) is 11.5 Å². The maximum Gasteiger partial charge on any atom is 0.119 e. The number of hydrogen-bond donors (Lipinski definition) is 1. The van der Waals surface area contributed by atoms with Crippen LogP contribution in [0.25, 0.3) is 0 Å². The van der Waals surface area contributed by atoms with Crippen LogP contribution in [0.5, 0.6) is 5.75 Å². The Kier molecular flexibility index (Phi) is 2.95. The summed E-state index contributed by atoms with van der Waals surface area (Å²) in [6.07, 6.45) is 0. The Morgan fingerprint density at radius 2 is 1.44 bits per heavy atom. The Hall–Kier alpha value is -1.76. The van der Waals surface area contributed by atoms with Gasteiger partial charge in [0.1, 0.15) is 5.75 Å². The first-order chi connectivity index (χ1) is 7.70. The fourth-order valence-electron chi connectivity index (χ4n) is 2.09. The van der Waals surface area contributed by atoms with Gasteiger partial charge in [-0.25, -0.2) is 0 Å². The first-order valence-electron chi connectivity index (χ1n) is 5.53. The van der Waals surface area contributed by atoms with Crippen LogP contribution in [-0.2, 0) is 0 Å². The average molecular weight is 212 g/mol. The van der Waals surface area contributed by atoms with Gasteiger partial charge in [-0.3, -0.25) is 0 Å².